The molecule has 0 spiro atoms. The Morgan fingerprint density at radius 3 is 2.58 bits per heavy atom. The van der Waals surface area contributed by atoms with Gasteiger partial charge in [-0.1, -0.05) is 13.8 Å². The molecule has 1 aromatic heterocycles. The monoisotopic (exact) mass is 468 g/mol. The number of nitrogens with one attached hydrogen (secondary N) is 2. The lowest BCUT2D eigenvalue weighted by Crippen LogP contribution is -2.43. The quantitative estimate of drug-likeness (QED) is 0.226. The van der Waals surface area contributed by atoms with Crippen molar-refractivity contribution in [3.8, 4) is 0 Å². The summed E-state index contributed by atoms with van der Waals surface area (Å²) >= 11 is 1.75. The Bertz CT molecular complexity index is 424. The first kappa shape index (κ1) is 23.6. The van der Waals surface area contributed by atoms with E-state index < -0.39 is 0 Å². The molecule has 1 aromatic rings. The van der Waals surface area contributed by atoms with E-state index in [0.717, 1.165) is 51.8 Å². The van der Waals surface area contributed by atoms with Crippen molar-refractivity contribution >= 4 is 41.3 Å². The Morgan fingerprint density at radius 1 is 1.29 bits per heavy atom. The van der Waals surface area contributed by atoms with Gasteiger partial charge in [0.25, 0.3) is 0 Å². The highest BCUT2D eigenvalue weighted by Gasteiger charge is 2.18. The Morgan fingerprint density at radius 2 is 2.04 bits per heavy atom. The molecule has 0 aliphatic carbocycles. The third-order valence-corrected chi connectivity index (χ3v) is 4.53. The van der Waals surface area contributed by atoms with Gasteiger partial charge in [-0.25, -0.2) is 0 Å². The van der Waals surface area contributed by atoms with Gasteiger partial charge in [-0.2, -0.15) is 11.3 Å². The average molecular weight is 468 g/mol. The summed E-state index contributed by atoms with van der Waals surface area (Å²) in [4.78, 5) is 6.78. The van der Waals surface area contributed by atoms with Crippen molar-refractivity contribution in [3.05, 3.63) is 22.4 Å². The van der Waals surface area contributed by atoms with Gasteiger partial charge in [0.15, 0.2) is 5.96 Å². The van der Waals surface area contributed by atoms with E-state index in [1.807, 2.05) is 14.0 Å². The van der Waals surface area contributed by atoms with Gasteiger partial charge in [-0.05, 0) is 48.8 Å². The highest BCUT2D eigenvalue weighted by Crippen LogP contribution is 2.22. The molecule has 1 heterocycles. The molecule has 5 nitrogen and oxygen atoms in total. The molecule has 0 bridgehead atoms. The molecule has 1 atom stereocenters. The van der Waals surface area contributed by atoms with Crippen molar-refractivity contribution in [3.63, 3.8) is 0 Å². The number of rotatable bonds is 11. The van der Waals surface area contributed by atoms with Crippen molar-refractivity contribution in [2.24, 2.45) is 4.99 Å². The molecule has 140 valence electrons. The second-order valence-corrected chi connectivity index (χ2v) is 6.00. The van der Waals surface area contributed by atoms with Gasteiger partial charge in [0.1, 0.15) is 0 Å². The summed E-state index contributed by atoms with van der Waals surface area (Å²) in [7, 11) is 1.81. The third-order valence-electron chi connectivity index (χ3n) is 3.83. The molecule has 0 saturated heterocycles. The Hall–Kier alpha value is -0.380. The summed E-state index contributed by atoms with van der Waals surface area (Å²) in [5, 5.41) is 11.2. The molecule has 0 saturated carbocycles. The number of hydrogen-bond acceptors (Lipinski definition) is 4. The van der Waals surface area contributed by atoms with E-state index in [4.69, 9.17) is 4.74 Å². The molecular formula is C17H33IN4OS. The van der Waals surface area contributed by atoms with Crippen LogP contribution < -0.4 is 10.6 Å². The maximum atomic E-state index is 5.35. The van der Waals surface area contributed by atoms with Gasteiger partial charge < -0.3 is 15.4 Å². The van der Waals surface area contributed by atoms with E-state index in [-0.39, 0.29) is 24.0 Å². The van der Waals surface area contributed by atoms with E-state index in [1.165, 1.54) is 5.56 Å². The summed E-state index contributed by atoms with van der Waals surface area (Å²) in [6.07, 6.45) is 0.985. The topological polar surface area (TPSA) is 48.9 Å². The van der Waals surface area contributed by atoms with Crippen LogP contribution in [-0.2, 0) is 4.74 Å². The Labute approximate surface area is 168 Å². The van der Waals surface area contributed by atoms with Crippen molar-refractivity contribution in [2.75, 3.05) is 46.4 Å². The van der Waals surface area contributed by atoms with Crippen LogP contribution in [0.15, 0.2) is 21.8 Å². The first-order chi connectivity index (χ1) is 11.3. The highest BCUT2D eigenvalue weighted by molar-refractivity contribution is 14.0. The molecule has 1 unspecified atom stereocenters. The fraction of sp³-hybridized carbons (Fsp3) is 0.706. The lowest BCUT2D eigenvalue weighted by Gasteiger charge is -2.30. The predicted molar refractivity (Wildman–Crippen MR) is 116 cm³/mol. The van der Waals surface area contributed by atoms with Crippen LogP contribution in [-0.4, -0.2) is 57.3 Å². The molecule has 0 aliphatic rings. The minimum absolute atomic E-state index is 0. The van der Waals surface area contributed by atoms with Crippen molar-refractivity contribution in [1.82, 2.24) is 15.5 Å². The molecule has 24 heavy (non-hydrogen) atoms. The average Bonchev–Trinajstić information content (AvgIpc) is 3.10. The van der Waals surface area contributed by atoms with Crippen LogP contribution in [0.4, 0.5) is 0 Å². The number of likely N-dealkylation sites (N-methyl/N-ethyl adjacent to an activating group) is 1. The van der Waals surface area contributed by atoms with Gasteiger partial charge >= 0.3 is 0 Å². The molecule has 1 rings (SSSR count). The number of ether oxygens (including phenoxy) is 1. The van der Waals surface area contributed by atoms with Crippen LogP contribution in [0.1, 0.15) is 38.8 Å². The standard InChI is InChI=1S/C17H32N4OS.HI/c1-5-21(6-2)16(15-9-12-23-14-15)13-20-17(18-4)19-10-8-11-22-7-3;/h9,12,14,16H,5-8,10-11,13H2,1-4H3,(H2,18,19,20);1H. The number of nitrogens with zero attached hydrogens (tertiary/aromatic N) is 2. The molecule has 0 aromatic carbocycles. The lowest BCUT2D eigenvalue weighted by atomic mass is 10.1. The van der Waals surface area contributed by atoms with Gasteiger partial charge in [0.2, 0.25) is 0 Å². The highest BCUT2D eigenvalue weighted by atomic mass is 127. The first-order valence-corrected chi connectivity index (χ1v) is 9.49. The van der Waals surface area contributed by atoms with E-state index in [0.29, 0.717) is 6.04 Å². The Kier molecular flexibility index (Phi) is 14.7. The largest absolute Gasteiger partial charge is 0.382 e. The summed E-state index contributed by atoms with van der Waals surface area (Å²) in [6.45, 7) is 11.8. The van der Waals surface area contributed by atoms with E-state index in [2.05, 4.69) is 51.2 Å². The zero-order valence-corrected chi connectivity index (χ0v) is 18.5. The van der Waals surface area contributed by atoms with Gasteiger partial charge in [-0.15, -0.1) is 24.0 Å². The fourth-order valence-corrected chi connectivity index (χ4v) is 3.23. The SMILES string of the molecule is CCOCCCNC(=NC)NCC(c1ccsc1)N(CC)CC.I. The van der Waals surface area contributed by atoms with Crippen LogP contribution in [0.25, 0.3) is 0 Å². The van der Waals surface area contributed by atoms with E-state index >= 15 is 0 Å². The maximum Gasteiger partial charge on any atom is 0.191 e. The van der Waals surface area contributed by atoms with Gasteiger partial charge in [0.05, 0.1) is 6.04 Å². The molecule has 7 heteroatoms. The van der Waals surface area contributed by atoms with Crippen molar-refractivity contribution in [2.45, 2.75) is 33.2 Å². The second kappa shape index (κ2) is 14.9. The van der Waals surface area contributed by atoms with Crippen LogP contribution >= 0.6 is 35.3 Å². The predicted octanol–water partition coefficient (Wildman–Crippen LogP) is 3.34. The molecular weight excluding hydrogens is 435 g/mol. The molecule has 2 N–H and O–H groups in total. The van der Waals surface area contributed by atoms with Crippen LogP contribution in [0.5, 0.6) is 0 Å². The number of aliphatic imine (C=N–C) groups is 1. The second-order valence-electron chi connectivity index (χ2n) is 5.22. The molecule has 0 amide bonds. The first-order valence-electron chi connectivity index (χ1n) is 8.55. The normalized spacial score (nSPS) is 12.8. The zero-order valence-electron chi connectivity index (χ0n) is 15.4. The summed E-state index contributed by atoms with van der Waals surface area (Å²) < 4.78 is 5.35. The summed E-state index contributed by atoms with van der Waals surface area (Å²) in [6, 6.07) is 2.59. The fourth-order valence-electron chi connectivity index (χ4n) is 2.53. The number of thiophene rings is 1. The van der Waals surface area contributed by atoms with Crippen LogP contribution in [0.3, 0.4) is 0 Å². The molecule has 0 aliphatic heterocycles. The maximum absolute atomic E-state index is 5.35. The lowest BCUT2D eigenvalue weighted by molar-refractivity contribution is 0.145. The van der Waals surface area contributed by atoms with Crippen molar-refractivity contribution in [1.29, 1.82) is 0 Å². The minimum Gasteiger partial charge on any atom is -0.382 e. The molecule has 0 radical (unpaired) electrons. The van der Waals surface area contributed by atoms with Gasteiger partial charge in [-0.3, -0.25) is 9.89 Å². The number of halogens is 1. The Balaban J connectivity index is 0.00000529. The third kappa shape index (κ3) is 8.64. The van der Waals surface area contributed by atoms with E-state index in [9.17, 15) is 0 Å². The summed E-state index contributed by atoms with van der Waals surface area (Å²) in [5.74, 6) is 0.855. The van der Waals surface area contributed by atoms with Gasteiger partial charge in [0, 0.05) is 33.4 Å². The van der Waals surface area contributed by atoms with Crippen LogP contribution in [0, 0.1) is 0 Å². The number of guanidine groups is 1. The van der Waals surface area contributed by atoms with Crippen molar-refractivity contribution < 1.29 is 4.74 Å². The number of hydrogen-bond donors (Lipinski definition) is 2. The smallest absolute Gasteiger partial charge is 0.191 e. The molecule has 0 fully saturated rings. The van der Waals surface area contributed by atoms with Crippen LogP contribution in [0.2, 0.25) is 0 Å². The zero-order chi connectivity index (χ0) is 16.9. The van der Waals surface area contributed by atoms with E-state index in [1.54, 1.807) is 11.3 Å². The summed E-state index contributed by atoms with van der Waals surface area (Å²) in [5.41, 5.74) is 1.37. The minimum atomic E-state index is 0.